The number of rotatable bonds is 4. The molecule has 0 spiro atoms. The minimum absolute atomic E-state index is 0.0220. The Balaban J connectivity index is 1.50. The molecule has 0 N–H and O–H groups in total. The fourth-order valence-corrected chi connectivity index (χ4v) is 4.29. The molecule has 0 unspecified atom stereocenters. The smallest absolute Gasteiger partial charge is 0.293 e. The first-order valence-electron chi connectivity index (χ1n) is 9.51. The van der Waals surface area contributed by atoms with Crippen LogP contribution in [0.1, 0.15) is 34.3 Å². The van der Waals surface area contributed by atoms with Crippen LogP contribution in [-0.2, 0) is 11.3 Å². The zero-order valence-electron chi connectivity index (χ0n) is 15.9. The van der Waals surface area contributed by atoms with Gasteiger partial charge in [0.05, 0.1) is 11.4 Å². The Labute approximate surface area is 176 Å². The second kappa shape index (κ2) is 8.39. The number of likely N-dealkylation sites (tertiary alicyclic amines) is 1. The fraction of sp³-hybridized carbons (Fsp3) is 0.227. The molecule has 8 heteroatoms. The van der Waals surface area contributed by atoms with E-state index in [4.69, 9.17) is 0 Å². The third kappa shape index (κ3) is 4.00. The zero-order chi connectivity index (χ0) is 21.3. The average Bonchev–Trinajstić information content (AvgIpc) is 3.35. The van der Waals surface area contributed by atoms with Gasteiger partial charge in [0.2, 0.25) is 0 Å². The standard InChI is InChI=1S/C22H18F2N2O3S/c23-17-4-3-5-18(24)16(17)13-26-21(28)19(30-22(26)29)12-14-6-8-15(9-7-14)20(27)25-10-1-2-11-25/h3-9,12H,1-2,10-11,13H2. The van der Waals surface area contributed by atoms with Gasteiger partial charge in [0.15, 0.2) is 0 Å². The van der Waals surface area contributed by atoms with E-state index in [0.29, 0.717) is 22.9 Å². The molecule has 2 aromatic rings. The minimum atomic E-state index is -0.809. The summed E-state index contributed by atoms with van der Waals surface area (Å²) in [5.74, 6) is -2.25. The number of benzene rings is 2. The van der Waals surface area contributed by atoms with E-state index in [0.717, 1.165) is 43.0 Å². The van der Waals surface area contributed by atoms with E-state index in [1.807, 2.05) is 4.90 Å². The molecular weight excluding hydrogens is 410 g/mol. The molecule has 2 heterocycles. The van der Waals surface area contributed by atoms with Crippen molar-refractivity contribution in [1.82, 2.24) is 9.80 Å². The van der Waals surface area contributed by atoms with Crippen LogP contribution in [0.2, 0.25) is 0 Å². The van der Waals surface area contributed by atoms with Gasteiger partial charge in [-0.25, -0.2) is 8.78 Å². The van der Waals surface area contributed by atoms with E-state index in [1.54, 1.807) is 24.3 Å². The molecular formula is C22H18F2N2O3S. The largest absolute Gasteiger partial charge is 0.339 e. The third-order valence-electron chi connectivity index (χ3n) is 5.10. The van der Waals surface area contributed by atoms with Crippen molar-refractivity contribution < 1.29 is 23.2 Å². The fourth-order valence-electron chi connectivity index (χ4n) is 3.45. The van der Waals surface area contributed by atoms with Gasteiger partial charge in [0.25, 0.3) is 17.1 Å². The summed E-state index contributed by atoms with van der Waals surface area (Å²) >= 11 is 0.717. The predicted octanol–water partition coefficient (Wildman–Crippen LogP) is 4.44. The molecule has 30 heavy (non-hydrogen) atoms. The van der Waals surface area contributed by atoms with Gasteiger partial charge < -0.3 is 4.90 Å². The van der Waals surface area contributed by atoms with E-state index >= 15 is 0 Å². The number of carbonyl (C=O) groups excluding carboxylic acids is 3. The number of hydrogen-bond donors (Lipinski definition) is 0. The Morgan fingerprint density at radius 3 is 2.27 bits per heavy atom. The van der Waals surface area contributed by atoms with Gasteiger partial charge in [-0.1, -0.05) is 18.2 Å². The summed E-state index contributed by atoms with van der Waals surface area (Å²) in [4.78, 5) is 40.0. The summed E-state index contributed by atoms with van der Waals surface area (Å²) in [7, 11) is 0. The van der Waals surface area contributed by atoms with Gasteiger partial charge in [0, 0.05) is 24.2 Å². The van der Waals surface area contributed by atoms with Crippen LogP contribution in [0.5, 0.6) is 0 Å². The van der Waals surface area contributed by atoms with E-state index in [1.165, 1.54) is 12.1 Å². The van der Waals surface area contributed by atoms with Crippen LogP contribution in [0.3, 0.4) is 0 Å². The van der Waals surface area contributed by atoms with Crippen molar-refractivity contribution >= 4 is 34.9 Å². The molecule has 2 aliphatic heterocycles. The molecule has 0 bridgehead atoms. The van der Waals surface area contributed by atoms with Crippen LogP contribution in [0.15, 0.2) is 47.4 Å². The quantitative estimate of drug-likeness (QED) is 0.676. The Kier molecular flexibility index (Phi) is 5.67. The number of carbonyl (C=O) groups is 3. The van der Waals surface area contributed by atoms with Crippen molar-refractivity contribution in [1.29, 1.82) is 0 Å². The Morgan fingerprint density at radius 2 is 1.63 bits per heavy atom. The lowest BCUT2D eigenvalue weighted by Crippen LogP contribution is -2.28. The molecule has 0 atom stereocenters. The van der Waals surface area contributed by atoms with E-state index in [2.05, 4.69) is 0 Å². The topological polar surface area (TPSA) is 57.7 Å². The molecule has 0 radical (unpaired) electrons. The summed E-state index contributed by atoms with van der Waals surface area (Å²) in [6.07, 6.45) is 3.56. The second-order valence-corrected chi connectivity index (χ2v) is 8.08. The van der Waals surface area contributed by atoms with Crippen molar-refractivity contribution in [2.75, 3.05) is 13.1 Å². The third-order valence-corrected chi connectivity index (χ3v) is 6.01. The van der Waals surface area contributed by atoms with Gasteiger partial charge >= 0.3 is 0 Å². The van der Waals surface area contributed by atoms with E-state index < -0.39 is 29.3 Å². The molecule has 4 rings (SSSR count). The van der Waals surface area contributed by atoms with Crippen LogP contribution in [-0.4, -0.2) is 39.9 Å². The van der Waals surface area contributed by atoms with Crippen molar-refractivity contribution in [3.63, 3.8) is 0 Å². The van der Waals surface area contributed by atoms with Gasteiger partial charge in [-0.2, -0.15) is 0 Å². The maximum Gasteiger partial charge on any atom is 0.293 e. The van der Waals surface area contributed by atoms with Crippen LogP contribution in [0, 0.1) is 11.6 Å². The Morgan fingerprint density at radius 1 is 1.00 bits per heavy atom. The highest BCUT2D eigenvalue weighted by atomic mass is 32.2. The lowest BCUT2D eigenvalue weighted by Gasteiger charge is -2.15. The average molecular weight is 428 g/mol. The minimum Gasteiger partial charge on any atom is -0.339 e. The lowest BCUT2D eigenvalue weighted by molar-refractivity contribution is -0.123. The first-order chi connectivity index (χ1) is 14.4. The molecule has 0 aromatic heterocycles. The number of nitrogens with zero attached hydrogens (tertiary/aromatic N) is 2. The lowest BCUT2D eigenvalue weighted by atomic mass is 10.1. The normalized spacial score (nSPS) is 18.0. The number of halogens is 2. The molecule has 3 amide bonds. The first kappa shape index (κ1) is 20.3. The Hall–Kier alpha value is -3.00. The SMILES string of the molecule is O=C(c1ccc(C=C2SC(=O)N(Cc3c(F)cccc3F)C2=O)cc1)N1CCCC1. The van der Waals surface area contributed by atoms with Gasteiger partial charge in [-0.3, -0.25) is 19.3 Å². The molecule has 2 fully saturated rings. The number of hydrogen-bond acceptors (Lipinski definition) is 4. The number of amides is 3. The molecule has 2 aromatic carbocycles. The van der Waals surface area contributed by atoms with Crippen molar-refractivity contribution in [2.24, 2.45) is 0 Å². The highest BCUT2D eigenvalue weighted by molar-refractivity contribution is 8.18. The monoisotopic (exact) mass is 428 g/mol. The zero-order valence-corrected chi connectivity index (χ0v) is 16.8. The second-order valence-electron chi connectivity index (χ2n) is 7.09. The maximum atomic E-state index is 13.9. The molecule has 154 valence electrons. The van der Waals surface area contributed by atoms with Crippen LogP contribution >= 0.6 is 11.8 Å². The number of thioether (sulfide) groups is 1. The van der Waals surface area contributed by atoms with E-state index in [9.17, 15) is 23.2 Å². The van der Waals surface area contributed by atoms with Crippen LogP contribution in [0.25, 0.3) is 6.08 Å². The highest BCUT2D eigenvalue weighted by Crippen LogP contribution is 2.34. The van der Waals surface area contributed by atoms with Crippen molar-refractivity contribution in [3.8, 4) is 0 Å². The van der Waals surface area contributed by atoms with Crippen molar-refractivity contribution in [2.45, 2.75) is 19.4 Å². The summed E-state index contributed by atoms with van der Waals surface area (Å²) < 4.78 is 27.8. The predicted molar refractivity (Wildman–Crippen MR) is 109 cm³/mol. The van der Waals surface area contributed by atoms with Gasteiger partial charge in [-0.15, -0.1) is 0 Å². The molecule has 0 saturated carbocycles. The number of imide groups is 1. The summed E-state index contributed by atoms with van der Waals surface area (Å²) in [5.41, 5.74) is 0.888. The first-order valence-corrected chi connectivity index (χ1v) is 10.3. The van der Waals surface area contributed by atoms with Crippen LogP contribution < -0.4 is 0 Å². The van der Waals surface area contributed by atoms with Gasteiger partial charge in [-0.05, 0) is 60.5 Å². The maximum absolute atomic E-state index is 13.9. The van der Waals surface area contributed by atoms with Crippen molar-refractivity contribution in [3.05, 3.63) is 75.7 Å². The molecule has 2 saturated heterocycles. The molecule has 5 nitrogen and oxygen atoms in total. The van der Waals surface area contributed by atoms with E-state index in [-0.39, 0.29) is 16.4 Å². The molecule has 2 aliphatic rings. The Bertz CT molecular complexity index is 1030. The highest BCUT2D eigenvalue weighted by Gasteiger charge is 2.36. The van der Waals surface area contributed by atoms with Gasteiger partial charge in [0.1, 0.15) is 11.6 Å². The summed E-state index contributed by atoms with van der Waals surface area (Å²) in [6, 6.07) is 10.2. The summed E-state index contributed by atoms with van der Waals surface area (Å²) in [6.45, 7) is 1.05. The van der Waals surface area contributed by atoms with Crippen LogP contribution in [0.4, 0.5) is 13.6 Å². The molecule has 0 aliphatic carbocycles. The summed E-state index contributed by atoms with van der Waals surface area (Å²) in [5, 5.41) is -0.588.